The van der Waals surface area contributed by atoms with Crippen LogP contribution in [-0.2, 0) is 11.8 Å². The molecule has 0 atom stereocenters. The van der Waals surface area contributed by atoms with Crippen LogP contribution in [0.15, 0.2) is 30.5 Å². The number of para-hydroxylation sites is 1. The van der Waals surface area contributed by atoms with Gasteiger partial charge in [-0.2, -0.15) is 4.80 Å². The molecular weight excluding hydrogens is 392 g/mol. The maximum atomic E-state index is 12.6. The van der Waals surface area contributed by atoms with Crippen LogP contribution in [0, 0.1) is 0 Å². The topological polar surface area (TPSA) is 145 Å². The lowest BCUT2D eigenvalue weighted by atomic mass is 10.1. The van der Waals surface area contributed by atoms with Gasteiger partial charge in [-0.25, -0.2) is 9.78 Å². The molecule has 12 heteroatoms. The van der Waals surface area contributed by atoms with E-state index in [9.17, 15) is 9.59 Å². The number of benzene rings is 1. The number of nitrogens with zero attached hydrogens (tertiary/aromatic N) is 5. The fraction of sp³-hybridized carbons (Fsp3) is 0.222. The number of aromatic nitrogens is 5. The number of methoxy groups -OCH3 is 2. The summed E-state index contributed by atoms with van der Waals surface area (Å²) in [5.74, 6) is -0.200. The summed E-state index contributed by atoms with van der Waals surface area (Å²) in [6, 6.07) is 6.43. The Hall–Kier alpha value is -4.22. The van der Waals surface area contributed by atoms with Crippen LogP contribution >= 0.6 is 0 Å². The third-order valence-electron chi connectivity index (χ3n) is 3.92. The Balaban J connectivity index is 2.06. The van der Waals surface area contributed by atoms with Crippen molar-refractivity contribution < 1.29 is 23.2 Å². The Morgan fingerprint density at radius 3 is 2.73 bits per heavy atom. The quantitative estimate of drug-likeness (QED) is 0.546. The van der Waals surface area contributed by atoms with Crippen LogP contribution in [0.25, 0.3) is 11.4 Å². The minimum absolute atomic E-state index is 0.0560. The highest BCUT2D eigenvalue weighted by molar-refractivity contribution is 6.01. The van der Waals surface area contributed by atoms with Crippen molar-refractivity contribution in [3.8, 4) is 17.1 Å². The lowest BCUT2D eigenvalue weighted by Gasteiger charge is -2.16. The molecule has 0 aliphatic carbocycles. The van der Waals surface area contributed by atoms with E-state index in [1.807, 2.05) is 5.32 Å². The normalized spacial score (nSPS) is 12.2. The molecule has 3 aromatic rings. The second-order valence-corrected chi connectivity index (χ2v) is 5.80. The molecule has 3 N–H and O–H groups in total. The average Bonchev–Trinajstić information content (AvgIpc) is 3.18. The van der Waals surface area contributed by atoms with Gasteiger partial charge in [0.05, 0.1) is 43.8 Å². The summed E-state index contributed by atoms with van der Waals surface area (Å²) >= 11 is 0. The SMILES string of the molecule is [2H]C([2H])([2H])NC(=O)c1cnc(NC(=O)OC)cc1Nc1cccc(-c2nnn(C)n2)c1OC. The number of carbonyl (C=O) groups is 2. The summed E-state index contributed by atoms with van der Waals surface area (Å²) in [4.78, 5) is 29.4. The van der Waals surface area contributed by atoms with Gasteiger partial charge in [0.15, 0.2) is 5.75 Å². The van der Waals surface area contributed by atoms with Crippen LogP contribution in [0.2, 0.25) is 0 Å². The van der Waals surface area contributed by atoms with E-state index in [0.717, 1.165) is 6.20 Å². The molecule has 0 fully saturated rings. The summed E-state index contributed by atoms with van der Waals surface area (Å²) in [7, 11) is 4.25. The van der Waals surface area contributed by atoms with Crippen LogP contribution in [0.1, 0.15) is 14.5 Å². The van der Waals surface area contributed by atoms with E-state index in [1.165, 1.54) is 25.1 Å². The number of hydrogen-bond donors (Lipinski definition) is 3. The highest BCUT2D eigenvalue weighted by atomic mass is 16.5. The summed E-state index contributed by atoms with van der Waals surface area (Å²) < 4.78 is 32.0. The van der Waals surface area contributed by atoms with Crippen LogP contribution in [0.3, 0.4) is 0 Å². The number of nitrogens with one attached hydrogen (secondary N) is 3. The molecule has 0 aliphatic rings. The van der Waals surface area contributed by atoms with Gasteiger partial charge in [0.25, 0.3) is 5.91 Å². The van der Waals surface area contributed by atoms with Gasteiger partial charge < -0.3 is 20.1 Å². The zero-order valence-corrected chi connectivity index (χ0v) is 16.3. The standard InChI is InChI=1S/C18H20N8O4/c1-19-17(27)11-9-20-14(22-18(28)30-4)8-13(11)21-12-7-5-6-10(15(12)29-3)16-23-25-26(2)24-16/h5-9H,1-4H3,(H,19,27)(H2,20,21,22,28)/i1D3. The molecule has 12 nitrogen and oxygen atoms in total. The fourth-order valence-corrected chi connectivity index (χ4v) is 2.60. The van der Waals surface area contributed by atoms with Crippen LogP contribution in [0.4, 0.5) is 22.0 Å². The maximum Gasteiger partial charge on any atom is 0.412 e. The van der Waals surface area contributed by atoms with E-state index in [0.29, 0.717) is 22.8 Å². The number of rotatable bonds is 6. The van der Waals surface area contributed by atoms with Crippen molar-refractivity contribution in [3.63, 3.8) is 0 Å². The van der Waals surface area contributed by atoms with E-state index in [2.05, 4.69) is 35.8 Å². The molecule has 0 spiro atoms. The van der Waals surface area contributed by atoms with Crippen molar-refractivity contribution in [2.45, 2.75) is 0 Å². The van der Waals surface area contributed by atoms with Crippen LogP contribution in [0.5, 0.6) is 5.75 Å². The number of tetrazole rings is 1. The monoisotopic (exact) mass is 415 g/mol. The molecule has 1 aromatic carbocycles. The van der Waals surface area contributed by atoms with Gasteiger partial charge in [-0.05, 0) is 17.3 Å². The van der Waals surface area contributed by atoms with E-state index >= 15 is 0 Å². The van der Waals surface area contributed by atoms with Crippen molar-refractivity contribution in [3.05, 3.63) is 36.0 Å². The molecular formula is C18H20N8O4. The van der Waals surface area contributed by atoms with Crippen molar-refractivity contribution in [1.29, 1.82) is 0 Å². The lowest BCUT2D eigenvalue weighted by Crippen LogP contribution is -2.20. The zero-order chi connectivity index (χ0) is 24.2. The second kappa shape index (κ2) is 8.86. The molecule has 2 aromatic heterocycles. The van der Waals surface area contributed by atoms with E-state index < -0.39 is 19.0 Å². The molecule has 2 heterocycles. The van der Waals surface area contributed by atoms with Gasteiger partial charge in [-0.1, -0.05) is 6.07 Å². The Bertz CT molecular complexity index is 1180. The first-order chi connectivity index (χ1) is 15.6. The highest BCUT2D eigenvalue weighted by Crippen LogP contribution is 2.37. The van der Waals surface area contributed by atoms with Crippen molar-refractivity contribution in [2.24, 2.45) is 7.05 Å². The molecule has 0 saturated carbocycles. The molecule has 156 valence electrons. The first-order valence-corrected chi connectivity index (χ1v) is 8.47. The highest BCUT2D eigenvalue weighted by Gasteiger charge is 2.18. The molecule has 0 unspecified atom stereocenters. The van der Waals surface area contributed by atoms with Gasteiger partial charge in [-0.3, -0.25) is 10.1 Å². The predicted octanol–water partition coefficient (Wildman–Crippen LogP) is 1.56. The zero-order valence-electron chi connectivity index (χ0n) is 19.3. The maximum absolute atomic E-state index is 12.6. The second-order valence-electron chi connectivity index (χ2n) is 5.80. The van der Waals surface area contributed by atoms with Gasteiger partial charge in [-0.15, -0.1) is 10.2 Å². The molecule has 0 bridgehead atoms. The molecule has 2 amide bonds. The number of hydrogen-bond acceptors (Lipinski definition) is 9. The first-order valence-electron chi connectivity index (χ1n) is 9.97. The smallest absolute Gasteiger partial charge is 0.412 e. The Labute approximate surface area is 175 Å². The van der Waals surface area contributed by atoms with Crippen molar-refractivity contribution in [2.75, 3.05) is 31.8 Å². The summed E-state index contributed by atoms with van der Waals surface area (Å²) in [6.45, 7) is -2.72. The Morgan fingerprint density at radius 1 is 1.23 bits per heavy atom. The predicted molar refractivity (Wildman–Crippen MR) is 108 cm³/mol. The molecule has 3 rings (SSSR count). The van der Waals surface area contributed by atoms with Crippen molar-refractivity contribution >= 4 is 29.2 Å². The third-order valence-corrected chi connectivity index (χ3v) is 3.92. The van der Waals surface area contributed by atoms with Gasteiger partial charge in [0.1, 0.15) is 5.82 Å². The van der Waals surface area contributed by atoms with Crippen molar-refractivity contribution in [1.82, 2.24) is 30.5 Å². The fourth-order valence-electron chi connectivity index (χ4n) is 2.60. The number of ether oxygens (including phenoxy) is 2. The Kier molecular flexibility index (Phi) is 4.93. The van der Waals surface area contributed by atoms with E-state index in [1.54, 1.807) is 25.2 Å². The number of carbonyl (C=O) groups excluding carboxylic acids is 2. The number of anilines is 3. The summed E-state index contributed by atoms with van der Waals surface area (Å²) in [6.07, 6.45) is 0.344. The number of pyridine rings is 1. The Morgan fingerprint density at radius 2 is 2.07 bits per heavy atom. The van der Waals surface area contributed by atoms with Gasteiger partial charge in [0, 0.05) is 23.4 Å². The van der Waals surface area contributed by atoms with E-state index in [-0.39, 0.29) is 17.1 Å². The average molecular weight is 415 g/mol. The van der Waals surface area contributed by atoms with Gasteiger partial charge >= 0.3 is 6.09 Å². The minimum atomic E-state index is -2.72. The molecule has 0 saturated heterocycles. The van der Waals surface area contributed by atoms with Gasteiger partial charge in [0.2, 0.25) is 5.82 Å². The summed E-state index contributed by atoms with van der Waals surface area (Å²) in [5, 5.41) is 19.3. The molecule has 0 aliphatic heterocycles. The minimum Gasteiger partial charge on any atom is -0.494 e. The first kappa shape index (κ1) is 16.7. The van der Waals surface area contributed by atoms with Crippen LogP contribution < -0.4 is 20.7 Å². The number of aryl methyl sites for hydroxylation is 1. The van der Waals surface area contributed by atoms with Crippen LogP contribution in [-0.4, -0.2) is 58.4 Å². The summed E-state index contributed by atoms with van der Waals surface area (Å²) in [5.41, 5.74) is 0.971. The largest absolute Gasteiger partial charge is 0.494 e. The third kappa shape index (κ3) is 4.27. The lowest BCUT2D eigenvalue weighted by molar-refractivity contribution is 0.0963. The number of amides is 2. The molecule has 0 radical (unpaired) electrons. The molecule has 30 heavy (non-hydrogen) atoms. The van der Waals surface area contributed by atoms with E-state index in [4.69, 9.17) is 8.85 Å².